The molecular weight excluding hydrogens is 303 g/mol. The van der Waals surface area contributed by atoms with Gasteiger partial charge in [0.1, 0.15) is 5.82 Å². The molecule has 0 aliphatic heterocycles. The van der Waals surface area contributed by atoms with Crippen molar-refractivity contribution in [1.29, 1.82) is 0 Å². The molecule has 0 aliphatic rings. The largest absolute Gasteiger partial charge is 0.478 e. The standard InChI is InChI=1S/C17H15FO5/c1-9-2-5-15(18)13(14(9)8-19)6-10-3-4-11(16(20)21)7-12(10)17(22)23/h2-5,7,19H,6,8H2,1H3,(H,20,21)(H,22,23). The summed E-state index contributed by atoms with van der Waals surface area (Å²) in [6.07, 6.45) is -0.0507. The molecule has 2 aromatic rings. The lowest BCUT2D eigenvalue weighted by Crippen LogP contribution is -2.09. The average molecular weight is 318 g/mol. The van der Waals surface area contributed by atoms with Gasteiger partial charge >= 0.3 is 11.9 Å². The number of rotatable bonds is 5. The number of halogens is 1. The highest BCUT2D eigenvalue weighted by molar-refractivity contribution is 5.95. The maximum atomic E-state index is 14.1. The molecular formula is C17H15FO5. The molecule has 0 spiro atoms. The molecule has 0 atom stereocenters. The van der Waals surface area contributed by atoms with Crippen LogP contribution in [0.2, 0.25) is 0 Å². The van der Waals surface area contributed by atoms with Gasteiger partial charge < -0.3 is 15.3 Å². The van der Waals surface area contributed by atoms with E-state index in [1.165, 1.54) is 24.3 Å². The van der Waals surface area contributed by atoms with Crippen molar-refractivity contribution in [2.45, 2.75) is 20.0 Å². The third kappa shape index (κ3) is 3.37. The van der Waals surface area contributed by atoms with Crippen LogP contribution in [0.1, 0.15) is 43.0 Å². The van der Waals surface area contributed by atoms with Crippen LogP contribution in [-0.4, -0.2) is 27.3 Å². The first-order chi connectivity index (χ1) is 10.8. The third-order valence-corrected chi connectivity index (χ3v) is 3.72. The van der Waals surface area contributed by atoms with Gasteiger partial charge in [0.2, 0.25) is 0 Å². The van der Waals surface area contributed by atoms with Crippen molar-refractivity contribution < 1.29 is 29.3 Å². The van der Waals surface area contributed by atoms with E-state index in [0.29, 0.717) is 11.1 Å². The second kappa shape index (κ2) is 6.58. The summed E-state index contributed by atoms with van der Waals surface area (Å²) in [5.74, 6) is -3.07. The van der Waals surface area contributed by atoms with E-state index in [0.717, 1.165) is 6.07 Å². The normalized spacial score (nSPS) is 10.6. The van der Waals surface area contributed by atoms with Crippen molar-refractivity contribution in [1.82, 2.24) is 0 Å². The Bertz CT molecular complexity index is 783. The second-order valence-corrected chi connectivity index (χ2v) is 5.14. The molecule has 0 saturated heterocycles. The van der Waals surface area contributed by atoms with E-state index in [-0.39, 0.29) is 35.3 Å². The highest BCUT2D eigenvalue weighted by Crippen LogP contribution is 2.24. The van der Waals surface area contributed by atoms with Gasteiger partial charge in [-0.05, 0) is 47.4 Å². The number of carbonyl (C=O) groups is 2. The Morgan fingerprint density at radius 2 is 1.74 bits per heavy atom. The summed E-state index contributed by atoms with van der Waals surface area (Å²) in [5.41, 5.74) is 1.24. The number of benzene rings is 2. The van der Waals surface area contributed by atoms with Gasteiger partial charge in [0.15, 0.2) is 0 Å². The van der Waals surface area contributed by atoms with Crippen LogP contribution in [-0.2, 0) is 13.0 Å². The Morgan fingerprint density at radius 1 is 1.04 bits per heavy atom. The van der Waals surface area contributed by atoms with Crippen molar-refractivity contribution >= 4 is 11.9 Å². The topological polar surface area (TPSA) is 94.8 Å². The van der Waals surface area contributed by atoms with E-state index in [9.17, 15) is 24.2 Å². The lowest BCUT2D eigenvalue weighted by atomic mass is 9.93. The monoisotopic (exact) mass is 318 g/mol. The maximum Gasteiger partial charge on any atom is 0.336 e. The summed E-state index contributed by atoms with van der Waals surface area (Å²) in [6, 6.07) is 6.48. The average Bonchev–Trinajstić information content (AvgIpc) is 2.51. The fraction of sp³-hybridized carbons (Fsp3) is 0.176. The van der Waals surface area contributed by atoms with Gasteiger partial charge in [-0.15, -0.1) is 0 Å². The molecule has 5 nitrogen and oxygen atoms in total. The van der Waals surface area contributed by atoms with Crippen molar-refractivity contribution in [2.24, 2.45) is 0 Å². The van der Waals surface area contributed by atoms with Crippen molar-refractivity contribution in [2.75, 3.05) is 0 Å². The Hall–Kier alpha value is -2.73. The van der Waals surface area contributed by atoms with Crippen LogP contribution in [0.3, 0.4) is 0 Å². The molecule has 0 saturated carbocycles. The lowest BCUT2D eigenvalue weighted by Gasteiger charge is -2.13. The van der Waals surface area contributed by atoms with E-state index in [2.05, 4.69) is 0 Å². The molecule has 120 valence electrons. The number of carboxylic acid groups (broad SMARTS) is 2. The fourth-order valence-electron chi connectivity index (χ4n) is 2.45. The Balaban J connectivity index is 2.55. The first kappa shape index (κ1) is 16.6. The molecule has 0 aromatic heterocycles. The third-order valence-electron chi connectivity index (χ3n) is 3.72. The zero-order chi connectivity index (χ0) is 17.1. The molecule has 6 heteroatoms. The predicted molar refractivity (Wildman–Crippen MR) is 80.2 cm³/mol. The zero-order valence-corrected chi connectivity index (χ0v) is 12.3. The first-order valence-corrected chi connectivity index (χ1v) is 6.82. The smallest absolute Gasteiger partial charge is 0.336 e. The van der Waals surface area contributed by atoms with E-state index in [1.807, 2.05) is 0 Å². The van der Waals surface area contributed by atoms with Gasteiger partial charge in [0.05, 0.1) is 17.7 Å². The minimum Gasteiger partial charge on any atom is -0.478 e. The first-order valence-electron chi connectivity index (χ1n) is 6.82. The van der Waals surface area contributed by atoms with Crippen LogP contribution < -0.4 is 0 Å². The van der Waals surface area contributed by atoms with Gasteiger partial charge in [0.25, 0.3) is 0 Å². The molecule has 23 heavy (non-hydrogen) atoms. The molecule has 0 aliphatic carbocycles. The minimum atomic E-state index is -1.29. The Kier molecular flexibility index (Phi) is 4.76. The Morgan fingerprint density at radius 3 is 2.30 bits per heavy atom. The maximum absolute atomic E-state index is 14.1. The summed E-state index contributed by atoms with van der Waals surface area (Å²) in [5, 5.41) is 27.6. The van der Waals surface area contributed by atoms with Gasteiger partial charge in [0, 0.05) is 6.42 Å². The van der Waals surface area contributed by atoms with Gasteiger partial charge in [-0.1, -0.05) is 12.1 Å². The van der Waals surface area contributed by atoms with Crippen LogP contribution in [0.15, 0.2) is 30.3 Å². The number of aliphatic hydroxyl groups is 1. The fourth-order valence-corrected chi connectivity index (χ4v) is 2.45. The molecule has 0 fully saturated rings. The second-order valence-electron chi connectivity index (χ2n) is 5.14. The van der Waals surface area contributed by atoms with Crippen LogP contribution in [0.5, 0.6) is 0 Å². The quantitative estimate of drug-likeness (QED) is 0.787. The van der Waals surface area contributed by atoms with E-state index < -0.39 is 17.8 Å². The lowest BCUT2D eigenvalue weighted by molar-refractivity contribution is 0.0695. The molecule has 3 N–H and O–H groups in total. The molecule has 0 heterocycles. The molecule has 0 bridgehead atoms. The SMILES string of the molecule is Cc1ccc(F)c(Cc2ccc(C(=O)O)cc2C(=O)O)c1CO. The summed E-state index contributed by atoms with van der Waals surface area (Å²) >= 11 is 0. The van der Waals surface area contributed by atoms with Crippen molar-refractivity contribution in [3.05, 3.63) is 69.5 Å². The highest BCUT2D eigenvalue weighted by atomic mass is 19.1. The summed E-state index contributed by atoms with van der Waals surface area (Å²) in [7, 11) is 0. The summed E-state index contributed by atoms with van der Waals surface area (Å²) < 4.78 is 14.1. The van der Waals surface area contributed by atoms with Gasteiger partial charge in [-0.25, -0.2) is 14.0 Å². The van der Waals surface area contributed by atoms with E-state index in [1.54, 1.807) is 6.92 Å². The number of aryl methyl sites for hydroxylation is 1. The number of aromatic carboxylic acids is 2. The zero-order valence-electron chi connectivity index (χ0n) is 12.3. The Labute approximate surface area is 131 Å². The predicted octanol–water partition coefficient (Wildman–Crippen LogP) is 2.61. The van der Waals surface area contributed by atoms with Crippen LogP contribution in [0, 0.1) is 12.7 Å². The number of hydrogen-bond donors (Lipinski definition) is 3. The molecule has 2 aromatic carbocycles. The van der Waals surface area contributed by atoms with Gasteiger partial charge in [-0.2, -0.15) is 0 Å². The molecule has 0 unspecified atom stereocenters. The molecule has 0 amide bonds. The summed E-state index contributed by atoms with van der Waals surface area (Å²) in [4.78, 5) is 22.3. The van der Waals surface area contributed by atoms with Gasteiger partial charge in [-0.3, -0.25) is 0 Å². The molecule has 2 rings (SSSR count). The number of carboxylic acids is 2. The van der Waals surface area contributed by atoms with Crippen LogP contribution >= 0.6 is 0 Å². The number of hydrogen-bond acceptors (Lipinski definition) is 3. The van der Waals surface area contributed by atoms with E-state index >= 15 is 0 Å². The number of aliphatic hydroxyl groups excluding tert-OH is 1. The van der Waals surface area contributed by atoms with E-state index in [4.69, 9.17) is 5.11 Å². The van der Waals surface area contributed by atoms with Crippen molar-refractivity contribution in [3.8, 4) is 0 Å². The highest BCUT2D eigenvalue weighted by Gasteiger charge is 2.18. The minimum absolute atomic E-state index is 0.0507. The van der Waals surface area contributed by atoms with Crippen LogP contribution in [0.4, 0.5) is 4.39 Å². The van der Waals surface area contributed by atoms with Crippen molar-refractivity contribution in [3.63, 3.8) is 0 Å². The van der Waals surface area contributed by atoms with Crippen LogP contribution in [0.25, 0.3) is 0 Å². The summed E-state index contributed by atoms with van der Waals surface area (Å²) in [6.45, 7) is 1.36. The molecule has 0 radical (unpaired) electrons.